The van der Waals surface area contributed by atoms with Crippen LogP contribution in [-0.4, -0.2) is 54.0 Å². The van der Waals surface area contributed by atoms with Crippen LogP contribution in [-0.2, 0) is 13.8 Å². The van der Waals surface area contributed by atoms with E-state index in [1.54, 1.807) is 0 Å². The van der Waals surface area contributed by atoms with E-state index in [0.717, 1.165) is 16.8 Å². The van der Waals surface area contributed by atoms with Gasteiger partial charge in [0.1, 0.15) is 17.8 Å². The lowest BCUT2D eigenvalue weighted by molar-refractivity contribution is -0.0986. The van der Waals surface area contributed by atoms with Gasteiger partial charge in [0.05, 0.1) is 6.61 Å². The standard InChI is InChI=1S/C10H15N2O9P/c1-10(16)7(14)5(4-20-22(17,18)19)21-8(10)12-3-2-6(13)11-9(12)15/h2-3,5,7-8,14,16H,4H2,1H3,(H,11,13,15)(H2,17,18,19)/t5-,7-,8-,10-/m1/s1. The van der Waals surface area contributed by atoms with Gasteiger partial charge in [-0.15, -0.1) is 0 Å². The minimum Gasteiger partial charge on any atom is -0.387 e. The lowest BCUT2D eigenvalue weighted by Gasteiger charge is -2.27. The van der Waals surface area contributed by atoms with Crippen molar-refractivity contribution in [2.75, 3.05) is 6.61 Å². The summed E-state index contributed by atoms with van der Waals surface area (Å²) in [6, 6.07) is 1.02. The number of aliphatic hydroxyl groups excluding tert-OH is 1. The highest BCUT2D eigenvalue weighted by Crippen LogP contribution is 2.41. The summed E-state index contributed by atoms with van der Waals surface area (Å²) in [5.74, 6) is 0. The Kier molecular flexibility index (Phi) is 4.42. The first-order valence-electron chi connectivity index (χ1n) is 6.10. The molecule has 0 bridgehead atoms. The maximum atomic E-state index is 11.7. The Balaban J connectivity index is 2.28. The van der Waals surface area contributed by atoms with Crippen molar-refractivity contribution >= 4 is 7.82 Å². The normalized spacial score (nSPS) is 32.3. The fraction of sp³-hybridized carbons (Fsp3) is 0.600. The summed E-state index contributed by atoms with van der Waals surface area (Å²) in [5, 5.41) is 20.3. The molecule has 1 saturated heterocycles. The van der Waals surface area contributed by atoms with E-state index in [1.165, 1.54) is 6.92 Å². The zero-order valence-electron chi connectivity index (χ0n) is 11.3. The van der Waals surface area contributed by atoms with Crippen LogP contribution in [0.4, 0.5) is 0 Å². The van der Waals surface area contributed by atoms with Crippen molar-refractivity contribution in [3.05, 3.63) is 33.1 Å². The summed E-state index contributed by atoms with van der Waals surface area (Å²) in [6.45, 7) is 0.480. The maximum absolute atomic E-state index is 11.7. The molecule has 1 aromatic rings. The molecule has 11 nitrogen and oxygen atoms in total. The van der Waals surface area contributed by atoms with E-state index >= 15 is 0 Å². The van der Waals surface area contributed by atoms with Gasteiger partial charge < -0.3 is 24.7 Å². The van der Waals surface area contributed by atoms with Gasteiger partial charge >= 0.3 is 13.5 Å². The lowest BCUT2D eigenvalue weighted by atomic mass is 9.96. The Bertz CT molecular complexity index is 705. The van der Waals surface area contributed by atoms with E-state index in [4.69, 9.17) is 14.5 Å². The number of aliphatic hydroxyl groups is 2. The number of aromatic nitrogens is 2. The number of hydrogen-bond acceptors (Lipinski definition) is 7. The Hall–Kier alpha value is -1.33. The molecule has 0 unspecified atom stereocenters. The molecule has 1 aliphatic heterocycles. The van der Waals surface area contributed by atoms with E-state index in [0.29, 0.717) is 0 Å². The van der Waals surface area contributed by atoms with Gasteiger partial charge in [0.15, 0.2) is 6.23 Å². The average molecular weight is 338 g/mol. The van der Waals surface area contributed by atoms with Crippen molar-refractivity contribution < 1.29 is 33.8 Å². The van der Waals surface area contributed by atoms with Crippen LogP contribution in [0, 0.1) is 0 Å². The molecular formula is C10H15N2O9P. The van der Waals surface area contributed by atoms with Gasteiger partial charge in [0.25, 0.3) is 5.56 Å². The van der Waals surface area contributed by atoms with Crippen molar-refractivity contribution in [1.29, 1.82) is 0 Å². The molecule has 124 valence electrons. The Morgan fingerprint density at radius 2 is 2.14 bits per heavy atom. The number of nitrogens with one attached hydrogen (secondary N) is 1. The van der Waals surface area contributed by atoms with Gasteiger partial charge in [-0.2, -0.15) is 0 Å². The quantitative estimate of drug-likeness (QED) is 0.377. The molecule has 1 aromatic heterocycles. The number of hydrogen-bond donors (Lipinski definition) is 5. The molecule has 0 radical (unpaired) electrons. The Morgan fingerprint density at radius 3 is 2.68 bits per heavy atom. The highest BCUT2D eigenvalue weighted by molar-refractivity contribution is 7.46. The van der Waals surface area contributed by atoms with Crippen LogP contribution in [0.25, 0.3) is 0 Å². The molecule has 0 aromatic carbocycles. The molecule has 0 amide bonds. The van der Waals surface area contributed by atoms with Crippen LogP contribution >= 0.6 is 7.82 Å². The summed E-state index contributed by atoms with van der Waals surface area (Å²) >= 11 is 0. The van der Waals surface area contributed by atoms with Gasteiger partial charge in [-0.05, 0) is 6.92 Å². The van der Waals surface area contributed by atoms with Gasteiger partial charge in [-0.25, -0.2) is 9.36 Å². The van der Waals surface area contributed by atoms with Crippen LogP contribution in [0.3, 0.4) is 0 Å². The predicted octanol–water partition coefficient (Wildman–Crippen LogP) is -2.34. The number of nitrogens with zero attached hydrogens (tertiary/aromatic N) is 1. The van der Waals surface area contributed by atoms with Crippen LogP contribution in [0.5, 0.6) is 0 Å². The van der Waals surface area contributed by atoms with Gasteiger partial charge in [0, 0.05) is 12.3 Å². The van der Waals surface area contributed by atoms with Crippen molar-refractivity contribution in [2.24, 2.45) is 0 Å². The zero-order valence-corrected chi connectivity index (χ0v) is 12.2. The van der Waals surface area contributed by atoms with Crippen molar-refractivity contribution in [3.8, 4) is 0 Å². The summed E-state index contributed by atoms with van der Waals surface area (Å²) < 4.78 is 21.0. The molecule has 0 spiro atoms. The molecule has 1 aliphatic rings. The zero-order chi connectivity index (χ0) is 16.7. The second-order valence-corrected chi connectivity index (χ2v) is 6.24. The lowest BCUT2D eigenvalue weighted by Crippen LogP contribution is -2.46. The van der Waals surface area contributed by atoms with E-state index < -0.39 is 49.7 Å². The van der Waals surface area contributed by atoms with Crippen LogP contribution in [0.2, 0.25) is 0 Å². The fourth-order valence-corrected chi connectivity index (χ4v) is 2.50. The third-order valence-electron chi connectivity index (χ3n) is 3.27. The third kappa shape index (κ3) is 3.36. The van der Waals surface area contributed by atoms with Crippen LogP contribution in [0.15, 0.2) is 21.9 Å². The molecule has 22 heavy (non-hydrogen) atoms. The molecule has 12 heteroatoms. The van der Waals surface area contributed by atoms with Crippen molar-refractivity contribution in [2.45, 2.75) is 31.0 Å². The number of phosphoric ester groups is 1. The third-order valence-corrected chi connectivity index (χ3v) is 3.75. The van der Waals surface area contributed by atoms with E-state index in [1.807, 2.05) is 4.98 Å². The molecule has 0 saturated carbocycles. The van der Waals surface area contributed by atoms with Gasteiger partial charge in [-0.1, -0.05) is 0 Å². The minimum absolute atomic E-state index is 0.652. The highest BCUT2D eigenvalue weighted by Gasteiger charge is 2.53. The molecule has 5 N–H and O–H groups in total. The number of H-pyrrole nitrogens is 1. The van der Waals surface area contributed by atoms with E-state index in [9.17, 15) is 24.4 Å². The van der Waals surface area contributed by atoms with E-state index in [-0.39, 0.29) is 0 Å². The molecule has 2 rings (SSSR count). The first-order chi connectivity index (χ1) is 10.0. The number of phosphoric acid groups is 1. The topological polar surface area (TPSA) is 171 Å². The maximum Gasteiger partial charge on any atom is 0.469 e. The molecule has 1 fully saturated rings. The SMILES string of the molecule is C[C@@]1(O)[C@H](O)[C@@H](COP(=O)(O)O)O[C@H]1n1ccc(=O)[nH]c1=O. The largest absolute Gasteiger partial charge is 0.469 e. The molecule has 0 aliphatic carbocycles. The summed E-state index contributed by atoms with van der Waals surface area (Å²) in [4.78, 5) is 42.0. The molecule has 4 atom stereocenters. The van der Waals surface area contributed by atoms with Crippen molar-refractivity contribution in [1.82, 2.24) is 9.55 Å². The summed E-state index contributed by atoms with van der Waals surface area (Å²) in [5.41, 5.74) is -3.48. The Morgan fingerprint density at radius 1 is 1.50 bits per heavy atom. The monoisotopic (exact) mass is 338 g/mol. The second-order valence-electron chi connectivity index (χ2n) is 5.00. The molecule has 2 heterocycles. The van der Waals surface area contributed by atoms with Crippen LogP contribution < -0.4 is 11.2 Å². The number of aromatic amines is 1. The first kappa shape index (κ1) is 17.0. The minimum atomic E-state index is -4.78. The fourth-order valence-electron chi connectivity index (χ4n) is 2.16. The summed E-state index contributed by atoms with van der Waals surface area (Å²) in [7, 11) is -4.78. The average Bonchev–Trinajstić information content (AvgIpc) is 2.59. The first-order valence-corrected chi connectivity index (χ1v) is 7.63. The summed E-state index contributed by atoms with van der Waals surface area (Å²) in [6.07, 6.45) is -3.18. The number of ether oxygens (including phenoxy) is 1. The second kappa shape index (κ2) is 5.70. The van der Waals surface area contributed by atoms with Gasteiger partial charge in [0.2, 0.25) is 0 Å². The Labute approximate surface area is 123 Å². The highest BCUT2D eigenvalue weighted by atomic mass is 31.2. The number of rotatable bonds is 4. The van der Waals surface area contributed by atoms with Crippen molar-refractivity contribution in [3.63, 3.8) is 0 Å². The van der Waals surface area contributed by atoms with Crippen LogP contribution in [0.1, 0.15) is 13.2 Å². The predicted molar refractivity (Wildman–Crippen MR) is 69.9 cm³/mol. The van der Waals surface area contributed by atoms with E-state index in [2.05, 4.69) is 4.52 Å². The van der Waals surface area contributed by atoms with Gasteiger partial charge in [-0.3, -0.25) is 18.9 Å². The molecular weight excluding hydrogens is 323 g/mol. The smallest absolute Gasteiger partial charge is 0.387 e.